The number of aliphatic carboxylic acids is 1. The Labute approximate surface area is 204 Å². The molecule has 35 heavy (non-hydrogen) atoms. The number of rotatable bonds is 12. The Hall–Kier alpha value is -3.45. The minimum absolute atomic E-state index is 0.0456. The van der Waals surface area contributed by atoms with Gasteiger partial charge in [0.25, 0.3) is 0 Å². The number of hydrogen-bond donors (Lipinski definition) is 4. The third-order valence-electron chi connectivity index (χ3n) is 5.26. The van der Waals surface area contributed by atoms with Crippen molar-refractivity contribution >= 4 is 19.5 Å². The fraction of sp³-hybridized carbons (Fsp3) is 0.231. The minimum atomic E-state index is -4.09. The van der Waals surface area contributed by atoms with Gasteiger partial charge < -0.3 is 19.8 Å². The smallest absolute Gasteiger partial charge is 0.390 e. The van der Waals surface area contributed by atoms with Crippen LogP contribution in [0.2, 0.25) is 0 Å². The largest absolute Gasteiger partial charge is 0.481 e. The Balaban J connectivity index is 1.68. The number of aryl methyl sites for hydroxylation is 1. The molecule has 0 saturated heterocycles. The molecule has 3 aromatic rings. The van der Waals surface area contributed by atoms with Crippen LogP contribution in [0.3, 0.4) is 0 Å². The maximum atomic E-state index is 12.7. The first-order chi connectivity index (χ1) is 16.7. The number of carboxylic acids is 1. The van der Waals surface area contributed by atoms with E-state index in [0.29, 0.717) is 0 Å². The molecule has 1 amide bonds. The Morgan fingerprint density at radius 1 is 0.943 bits per heavy atom. The number of carbonyl (C=O) groups is 2. The van der Waals surface area contributed by atoms with Gasteiger partial charge in [-0.05, 0) is 42.2 Å². The van der Waals surface area contributed by atoms with E-state index < -0.39 is 31.8 Å². The molecule has 0 saturated carbocycles. The second-order valence-electron chi connectivity index (χ2n) is 8.16. The van der Waals surface area contributed by atoms with Crippen molar-refractivity contribution in [3.8, 4) is 16.9 Å². The van der Waals surface area contributed by atoms with Crippen molar-refractivity contribution in [3.63, 3.8) is 0 Å². The van der Waals surface area contributed by atoms with E-state index in [-0.39, 0.29) is 25.1 Å². The highest BCUT2D eigenvalue weighted by Gasteiger charge is 2.26. The van der Waals surface area contributed by atoms with Crippen molar-refractivity contribution in [1.29, 1.82) is 0 Å². The molecule has 0 aliphatic carbocycles. The standard InChI is InChI=1S/C26H29N2O6P/c1-19-7-11-21(12-8-19)22-13-9-20(10-14-22)17-24(26(31)27-16-15-25(29)30)28-18-35(32,33)34-23-5-3-2-4-6-23/h2-14,24,28H,15-18H2,1H3,(H,27,31)(H,29,30)(H,32,33)/t24-/m0/s1. The maximum absolute atomic E-state index is 12.7. The van der Waals surface area contributed by atoms with Gasteiger partial charge in [0.1, 0.15) is 12.0 Å². The third-order valence-corrected chi connectivity index (χ3v) is 6.34. The molecule has 2 atom stereocenters. The summed E-state index contributed by atoms with van der Waals surface area (Å²) >= 11 is 0. The fourth-order valence-corrected chi connectivity index (χ4v) is 4.36. The maximum Gasteiger partial charge on any atom is 0.390 e. The molecule has 3 rings (SSSR count). The molecule has 0 heterocycles. The molecule has 3 aromatic carbocycles. The van der Waals surface area contributed by atoms with Gasteiger partial charge in [-0.1, -0.05) is 72.3 Å². The molecular formula is C26H29N2O6P. The van der Waals surface area contributed by atoms with Crippen LogP contribution >= 0.6 is 7.60 Å². The second kappa shape index (κ2) is 12.3. The third kappa shape index (κ3) is 8.68. The average molecular weight is 497 g/mol. The van der Waals surface area contributed by atoms with Gasteiger partial charge in [-0.3, -0.25) is 14.9 Å². The molecule has 0 bridgehead atoms. The van der Waals surface area contributed by atoms with Gasteiger partial charge in [0.2, 0.25) is 5.91 Å². The van der Waals surface area contributed by atoms with E-state index in [1.54, 1.807) is 30.3 Å². The predicted octanol–water partition coefficient (Wildman–Crippen LogP) is 3.98. The van der Waals surface area contributed by atoms with Crippen molar-refractivity contribution in [2.24, 2.45) is 0 Å². The predicted molar refractivity (Wildman–Crippen MR) is 134 cm³/mol. The van der Waals surface area contributed by atoms with Gasteiger partial charge in [-0.2, -0.15) is 0 Å². The quantitative estimate of drug-likeness (QED) is 0.280. The molecule has 0 spiro atoms. The molecule has 8 nitrogen and oxygen atoms in total. The highest BCUT2D eigenvalue weighted by molar-refractivity contribution is 7.53. The SMILES string of the molecule is Cc1ccc(-c2ccc(C[C@H](NCP(=O)(O)Oc3ccccc3)C(=O)NCCC(=O)O)cc2)cc1. The van der Waals surface area contributed by atoms with E-state index in [9.17, 15) is 19.0 Å². The monoisotopic (exact) mass is 496 g/mol. The number of para-hydroxylation sites is 1. The lowest BCUT2D eigenvalue weighted by atomic mass is 10.00. The van der Waals surface area contributed by atoms with Crippen LogP contribution in [0, 0.1) is 6.92 Å². The minimum Gasteiger partial charge on any atom is -0.481 e. The van der Waals surface area contributed by atoms with E-state index in [1.807, 2.05) is 55.5 Å². The number of benzene rings is 3. The van der Waals surface area contributed by atoms with Crippen LogP contribution in [0.25, 0.3) is 11.1 Å². The second-order valence-corrected chi connectivity index (χ2v) is 9.93. The van der Waals surface area contributed by atoms with E-state index in [0.717, 1.165) is 16.7 Å². The van der Waals surface area contributed by atoms with Crippen molar-refractivity contribution in [2.75, 3.05) is 12.8 Å². The van der Waals surface area contributed by atoms with Gasteiger partial charge in [0.15, 0.2) is 0 Å². The Bertz CT molecular complexity index is 1170. The summed E-state index contributed by atoms with van der Waals surface area (Å²) in [6.45, 7) is 1.98. The van der Waals surface area contributed by atoms with Crippen LogP contribution in [0.1, 0.15) is 17.5 Å². The lowest BCUT2D eigenvalue weighted by molar-refractivity contribution is -0.137. The Morgan fingerprint density at radius 2 is 1.54 bits per heavy atom. The van der Waals surface area contributed by atoms with Crippen molar-refractivity contribution in [2.45, 2.75) is 25.8 Å². The van der Waals surface area contributed by atoms with Gasteiger partial charge in [-0.15, -0.1) is 0 Å². The average Bonchev–Trinajstić information content (AvgIpc) is 2.83. The van der Waals surface area contributed by atoms with Crippen molar-refractivity contribution in [3.05, 3.63) is 90.0 Å². The van der Waals surface area contributed by atoms with Crippen LogP contribution < -0.4 is 15.2 Å². The molecular weight excluding hydrogens is 467 g/mol. The number of carbonyl (C=O) groups excluding carboxylic acids is 1. The topological polar surface area (TPSA) is 125 Å². The van der Waals surface area contributed by atoms with E-state index >= 15 is 0 Å². The summed E-state index contributed by atoms with van der Waals surface area (Å²) in [6.07, 6.45) is -0.446. The molecule has 184 valence electrons. The fourth-order valence-electron chi connectivity index (χ4n) is 3.39. The summed E-state index contributed by atoms with van der Waals surface area (Å²) in [4.78, 5) is 33.8. The molecule has 1 unspecified atom stereocenters. The van der Waals surface area contributed by atoms with Crippen molar-refractivity contribution < 1.29 is 28.7 Å². The molecule has 9 heteroatoms. The summed E-state index contributed by atoms with van der Waals surface area (Å²) in [5.74, 6) is -1.25. The number of nitrogens with one attached hydrogen (secondary N) is 2. The summed E-state index contributed by atoms with van der Waals surface area (Å²) in [5.41, 5.74) is 4.11. The first-order valence-electron chi connectivity index (χ1n) is 11.2. The van der Waals surface area contributed by atoms with E-state index in [2.05, 4.69) is 10.6 Å². The molecule has 0 fully saturated rings. The van der Waals surface area contributed by atoms with Crippen LogP contribution in [-0.2, 0) is 20.6 Å². The van der Waals surface area contributed by atoms with Gasteiger partial charge in [0, 0.05) is 6.54 Å². The summed E-state index contributed by atoms with van der Waals surface area (Å²) in [5, 5.41) is 14.2. The highest BCUT2D eigenvalue weighted by Crippen LogP contribution is 2.41. The zero-order valence-corrected chi connectivity index (χ0v) is 20.3. The molecule has 0 aliphatic heterocycles. The number of hydrogen-bond acceptors (Lipinski definition) is 5. The van der Waals surface area contributed by atoms with Crippen LogP contribution in [0.5, 0.6) is 5.75 Å². The zero-order valence-electron chi connectivity index (χ0n) is 19.4. The molecule has 4 N–H and O–H groups in total. The van der Waals surface area contributed by atoms with E-state index in [4.69, 9.17) is 9.63 Å². The summed E-state index contributed by atoms with van der Waals surface area (Å²) in [6, 6.07) is 23.2. The van der Waals surface area contributed by atoms with Crippen molar-refractivity contribution in [1.82, 2.24) is 10.6 Å². The molecule has 0 radical (unpaired) electrons. The Kier molecular flexibility index (Phi) is 9.20. The lowest BCUT2D eigenvalue weighted by Gasteiger charge is -2.21. The number of amides is 1. The van der Waals surface area contributed by atoms with Gasteiger partial charge in [0.05, 0.1) is 12.5 Å². The van der Waals surface area contributed by atoms with Crippen LogP contribution in [0.4, 0.5) is 0 Å². The normalized spacial score (nSPS) is 13.4. The summed E-state index contributed by atoms with van der Waals surface area (Å²) in [7, 11) is -4.09. The molecule has 0 aliphatic rings. The van der Waals surface area contributed by atoms with E-state index in [1.165, 1.54) is 5.56 Å². The molecule has 0 aromatic heterocycles. The van der Waals surface area contributed by atoms with Gasteiger partial charge >= 0.3 is 13.6 Å². The van der Waals surface area contributed by atoms with Crippen LogP contribution in [-0.4, -0.2) is 40.7 Å². The number of carboxylic acid groups (broad SMARTS) is 1. The zero-order chi connectivity index (χ0) is 25.3. The van der Waals surface area contributed by atoms with Gasteiger partial charge in [-0.25, -0.2) is 4.57 Å². The lowest BCUT2D eigenvalue weighted by Crippen LogP contribution is -2.46. The van der Waals surface area contributed by atoms with Crippen LogP contribution in [0.15, 0.2) is 78.9 Å². The first kappa shape index (κ1) is 26.2. The highest BCUT2D eigenvalue weighted by atomic mass is 31.2. The summed E-state index contributed by atoms with van der Waals surface area (Å²) < 4.78 is 17.8. The first-order valence-corrected chi connectivity index (χ1v) is 12.9. The Morgan fingerprint density at radius 3 is 2.14 bits per heavy atom.